The average molecular weight is 326 g/mol. The molecule has 8 heteroatoms. The Morgan fingerprint density at radius 3 is 2.23 bits per heavy atom. The van der Waals surface area contributed by atoms with E-state index in [0.29, 0.717) is 5.56 Å². The number of allylic oxidation sites excluding steroid dienone is 2. The van der Waals surface area contributed by atoms with Crippen LogP contribution in [0.2, 0.25) is 0 Å². The Hall–Kier alpha value is -2.45. The van der Waals surface area contributed by atoms with Gasteiger partial charge in [-0.1, -0.05) is 18.2 Å². The van der Waals surface area contributed by atoms with E-state index in [0.717, 1.165) is 0 Å². The minimum Gasteiger partial charge on any atom is -0.478 e. The van der Waals surface area contributed by atoms with Gasteiger partial charge in [0.25, 0.3) is 0 Å². The molecule has 0 bridgehead atoms. The van der Waals surface area contributed by atoms with Gasteiger partial charge in [-0.3, -0.25) is 4.55 Å². The predicted octanol–water partition coefficient (Wildman–Crippen LogP) is 1.80. The minimum atomic E-state index is -5.00. The molecule has 0 heterocycles. The molecular weight excluding hydrogens is 312 g/mol. The summed E-state index contributed by atoms with van der Waals surface area (Å²) in [6.45, 7) is 7.00. The number of hydrogen-bond donors (Lipinski definition) is 2. The van der Waals surface area contributed by atoms with Crippen LogP contribution in [0, 0.1) is 0 Å². The molecule has 0 amide bonds. The number of rotatable bonds is 7. The number of carboxylic acids is 1. The molecule has 2 N–H and O–H groups in total. The van der Waals surface area contributed by atoms with Crippen molar-refractivity contribution in [3.63, 3.8) is 0 Å². The first-order chi connectivity index (χ1) is 10.2. The smallest absolute Gasteiger partial charge is 0.449 e. The van der Waals surface area contributed by atoms with Gasteiger partial charge < -0.3 is 9.29 Å². The highest BCUT2D eigenvalue weighted by Crippen LogP contribution is 2.23. The highest BCUT2D eigenvalue weighted by molar-refractivity contribution is 7.81. The van der Waals surface area contributed by atoms with Crippen LogP contribution >= 0.6 is 0 Å². The van der Waals surface area contributed by atoms with E-state index in [2.05, 4.69) is 17.3 Å². The largest absolute Gasteiger partial charge is 0.478 e. The quantitative estimate of drug-likeness (QED) is 0.579. The van der Waals surface area contributed by atoms with Crippen molar-refractivity contribution in [2.75, 3.05) is 0 Å². The zero-order valence-corrected chi connectivity index (χ0v) is 12.3. The van der Waals surface area contributed by atoms with Crippen LogP contribution in [0.4, 0.5) is 0 Å². The third kappa shape index (κ3) is 4.27. The SMILES string of the molecule is C=CCc1ccc(C(=O)OS(=O)(=O)O)c(CC=C)c1C(=O)O. The molecule has 1 rings (SSSR count). The second-order valence-corrected chi connectivity index (χ2v) is 5.24. The van der Waals surface area contributed by atoms with E-state index in [1.807, 2.05) is 0 Å². The fourth-order valence-corrected chi connectivity index (χ4v) is 2.26. The Labute approximate surface area is 127 Å². The summed E-state index contributed by atoms with van der Waals surface area (Å²) in [4.78, 5) is 23.3. The topological polar surface area (TPSA) is 118 Å². The summed E-state index contributed by atoms with van der Waals surface area (Å²) in [5.41, 5.74) is 0.0329. The van der Waals surface area contributed by atoms with Gasteiger partial charge in [0.15, 0.2) is 0 Å². The van der Waals surface area contributed by atoms with Crippen LogP contribution in [0.15, 0.2) is 37.4 Å². The highest BCUT2D eigenvalue weighted by Gasteiger charge is 2.24. The molecule has 0 aliphatic heterocycles. The summed E-state index contributed by atoms with van der Waals surface area (Å²) in [7, 11) is -5.00. The van der Waals surface area contributed by atoms with E-state index in [4.69, 9.17) is 4.55 Å². The maximum atomic E-state index is 11.8. The van der Waals surface area contributed by atoms with Gasteiger partial charge in [0.05, 0.1) is 11.1 Å². The molecule has 0 spiro atoms. The number of carboxylic acid groups (broad SMARTS) is 1. The van der Waals surface area contributed by atoms with Crippen molar-refractivity contribution < 1.29 is 31.8 Å². The van der Waals surface area contributed by atoms with E-state index in [1.165, 1.54) is 24.3 Å². The molecule has 0 saturated heterocycles. The van der Waals surface area contributed by atoms with E-state index in [-0.39, 0.29) is 29.5 Å². The highest BCUT2D eigenvalue weighted by atomic mass is 32.3. The molecule has 0 atom stereocenters. The van der Waals surface area contributed by atoms with E-state index >= 15 is 0 Å². The van der Waals surface area contributed by atoms with Gasteiger partial charge in [-0.25, -0.2) is 9.59 Å². The number of benzene rings is 1. The Balaban J connectivity index is 3.55. The number of carbonyl (C=O) groups is 2. The Morgan fingerprint density at radius 2 is 1.77 bits per heavy atom. The van der Waals surface area contributed by atoms with E-state index in [1.54, 1.807) is 0 Å². The third-order valence-corrected chi connectivity index (χ3v) is 3.09. The lowest BCUT2D eigenvalue weighted by molar-refractivity contribution is 0.0694. The van der Waals surface area contributed by atoms with Crippen molar-refractivity contribution in [3.05, 3.63) is 59.7 Å². The van der Waals surface area contributed by atoms with Crippen LogP contribution in [0.3, 0.4) is 0 Å². The van der Waals surface area contributed by atoms with Crippen molar-refractivity contribution in [1.82, 2.24) is 0 Å². The van der Waals surface area contributed by atoms with E-state index < -0.39 is 22.3 Å². The summed E-state index contributed by atoms with van der Waals surface area (Å²) in [6, 6.07) is 2.59. The standard InChI is InChI=1S/C14H14O7S/c1-3-5-9-7-8-11(14(17)21-22(18,19)20)10(6-4-2)12(9)13(15)16/h3-4,7-8H,1-2,5-6H2,(H,15,16)(H,18,19,20). The van der Waals surface area contributed by atoms with Gasteiger partial charge in [-0.2, -0.15) is 8.42 Å². The third-order valence-electron chi connectivity index (χ3n) is 2.73. The fourth-order valence-electron chi connectivity index (χ4n) is 1.98. The van der Waals surface area contributed by atoms with E-state index in [9.17, 15) is 23.1 Å². The van der Waals surface area contributed by atoms with Crippen molar-refractivity contribution in [3.8, 4) is 0 Å². The molecule has 0 saturated carbocycles. The summed E-state index contributed by atoms with van der Waals surface area (Å²) in [5.74, 6) is -2.65. The van der Waals surface area contributed by atoms with Crippen molar-refractivity contribution in [2.24, 2.45) is 0 Å². The normalized spacial score (nSPS) is 10.8. The first kappa shape index (κ1) is 17.6. The lowest BCUT2D eigenvalue weighted by atomic mass is 9.92. The Bertz CT molecular complexity index is 732. The summed E-state index contributed by atoms with van der Waals surface area (Å²) in [6.07, 6.45) is 3.11. The van der Waals surface area contributed by atoms with Crippen LogP contribution in [-0.4, -0.2) is 30.0 Å². The minimum absolute atomic E-state index is 0.00251. The van der Waals surface area contributed by atoms with Crippen LogP contribution in [-0.2, 0) is 27.4 Å². The Kier molecular flexibility index (Phi) is 5.61. The second-order valence-electron chi connectivity index (χ2n) is 4.22. The lowest BCUT2D eigenvalue weighted by Gasteiger charge is -2.13. The molecule has 22 heavy (non-hydrogen) atoms. The van der Waals surface area contributed by atoms with Crippen molar-refractivity contribution >= 4 is 22.3 Å². The first-order valence-corrected chi connectivity index (χ1v) is 7.38. The van der Waals surface area contributed by atoms with Gasteiger partial charge in [-0.15, -0.1) is 13.2 Å². The van der Waals surface area contributed by atoms with Crippen LogP contribution < -0.4 is 0 Å². The Morgan fingerprint density at radius 1 is 1.18 bits per heavy atom. The van der Waals surface area contributed by atoms with Gasteiger partial charge in [0.1, 0.15) is 0 Å². The van der Waals surface area contributed by atoms with Crippen LogP contribution in [0.25, 0.3) is 0 Å². The van der Waals surface area contributed by atoms with Crippen LogP contribution in [0.1, 0.15) is 31.8 Å². The number of aromatic carboxylic acids is 1. The number of hydrogen-bond acceptors (Lipinski definition) is 5. The van der Waals surface area contributed by atoms with Crippen molar-refractivity contribution in [2.45, 2.75) is 12.8 Å². The fraction of sp³-hybridized carbons (Fsp3) is 0.143. The average Bonchev–Trinajstić information content (AvgIpc) is 2.37. The molecule has 0 radical (unpaired) electrons. The molecule has 0 unspecified atom stereocenters. The second kappa shape index (κ2) is 7.01. The summed E-state index contributed by atoms with van der Waals surface area (Å²) < 4.78 is 33.7. The molecule has 0 aliphatic carbocycles. The molecule has 7 nitrogen and oxygen atoms in total. The van der Waals surface area contributed by atoms with Gasteiger partial charge in [0, 0.05) is 0 Å². The zero-order chi connectivity index (χ0) is 16.9. The zero-order valence-electron chi connectivity index (χ0n) is 11.5. The molecule has 0 fully saturated rings. The maximum absolute atomic E-state index is 11.8. The van der Waals surface area contributed by atoms with Crippen molar-refractivity contribution in [1.29, 1.82) is 0 Å². The number of carbonyl (C=O) groups excluding carboxylic acids is 1. The van der Waals surface area contributed by atoms with Crippen LogP contribution in [0.5, 0.6) is 0 Å². The molecule has 0 aliphatic rings. The predicted molar refractivity (Wildman–Crippen MR) is 78.2 cm³/mol. The molecule has 0 aromatic heterocycles. The maximum Gasteiger partial charge on any atom is 0.449 e. The molecule has 118 valence electrons. The van der Waals surface area contributed by atoms with Gasteiger partial charge >= 0.3 is 22.3 Å². The van der Waals surface area contributed by atoms with Gasteiger partial charge in [0.2, 0.25) is 0 Å². The molecule has 1 aromatic carbocycles. The monoisotopic (exact) mass is 326 g/mol. The lowest BCUT2D eigenvalue weighted by Crippen LogP contribution is -2.17. The summed E-state index contributed by atoms with van der Waals surface area (Å²) >= 11 is 0. The van der Waals surface area contributed by atoms with Gasteiger partial charge in [-0.05, 0) is 30.0 Å². The molecular formula is C14H14O7S. The summed E-state index contributed by atoms with van der Waals surface area (Å²) in [5, 5.41) is 9.35. The first-order valence-electron chi connectivity index (χ1n) is 6.02. The molecule has 1 aromatic rings.